The van der Waals surface area contributed by atoms with Crippen molar-refractivity contribution in [3.05, 3.63) is 9.93 Å². The quantitative estimate of drug-likeness (QED) is 0.710. The fourth-order valence-electron chi connectivity index (χ4n) is 2.71. The molecule has 116 valence electrons. The summed E-state index contributed by atoms with van der Waals surface area (Å²) in [6.45, 7) is 1.55. The molecule has 0 aromatic rings. The summed E-state index contributed by atoms with van der Waals surface area (Å²) in [7, 11) is -0.819. The number of carbonyl (C=O) groups excluding carboxylic acids is 1. The Bertz CT molecular complexity index is 561. The Balaban J connectivity index is 1.81. The Morgan fingerprint density at radius 1 is 1.57 bits per heavy atom. The van der Waals surface area contributed by atoms with Crippen LogP contribution in [0.3, 0.4) is 0 Å². The molecule has 2 saturated heterocycles. The molecule has 0 spiro atoms. The normalized spacial score (nSPS) is 36.7. The van der Waals surface area contributed by atoms with E-state index in [2.05, 4.69) is 0 Å². The molecule has 0 unspecified atom stereocenters. The highest BCUT2D eigenvalue weighted by molar-refractivity contribution is 8.23. The van der Waals surface area contributed by atoms with Crippen molar-refractivity contribution < 1.29 is 24.0 Å². The molecule has 0 saturated carbocycles. The van der Waals surface area contributed by atoms with Crippen LogP contribution in [0.25, 0.3) is 0 Å². The molecule has 0 aliphatic carbocycles. The number of β-lactam (4-membered cyclic amide) rings is 1. The molecule has 3 rings (SSSR count). The van der Waals surface area contributed by atoms with Gasteiger partial charge >= 0.3 is 5.97 Å². The van der Waals surface area contributed by atoms with Gasteiger partial charge in [0.05, 0.1) is 16.3 Å². The SMILES string of the molecule is C[C@@H](O)[C@H]1C(=O)N2C(C(=O)O)=C(S[C@@H]3CC[S@](=O)C3)S[C@H]12. The third kappa shape index (κ3) is 2.54. The summed E-state index contributed by atoms with van der Waals surface area (Å²) in [5, 5.41) is 18.8. The number of carboxylic acid groups (broad SMARTS) is 1. The second-order valence-electron chi connectivity index (χ2n) is 5.26. The zero-order valence-electron chi connectivity index (χ0n) is 11.2. The van der Waals surface area contributed by atoms with Crippen molar-refractivity contribution in [2.45, 2.75) is 30.1 Å². The Labute approximate surface area is 132 Å². The number of fused-ring (bicyclic) bond motifs is 1. The van der Waals surface area contributed by atoms with Gasteiger partial charge in [0.1, 0.15) is 5.37 Å². The molecule has 2 fully saturated rings. The van der Waals surface area contributed by atoms with E-state index in [-0.39, 0.29) is 22.2 Å². The Morgan fingerprint density at radius 3 is 2.81 bits per heavy atom. The molecule has 3 aliphatic heterocycles. The summed E-state index contributed by atoms with van der Waals surface area (Å²) >= 11 is 2.74. The highest BCUT2D eigenvalue weighted by Gasteiger charge is 2.58. The largest absolute Gasteiger partial charge is 0.477 e. The van der Waals surface area contributed by atoms with Crippen LogP contribution in [0.2, 0.25) is 0 Å². The van der Waals surface area contributed by atoms with Crippen molar-refractivity contribution in [3.63, 3.8) is 0 Å². The number of carboxylic acids is 1. The van der Waals surface area contributed by atoms with Gasteiger partial charge in [0.2, 0.25) is 5.91 Å². The summed E-state index contributed by atoms with van der Waals surface area (Å²) in [4.78, 5) is 24.8. The number of aliphatic carboxylic acids is 1. The van der Waals surface area contributed by atoms with Crippen molar-refractivity contribution >= 4 is 46.2 Å². The maximum absolute atomic E-state index is 12.0. The van der Waals surface area contributed by atoms with E-state index < -0.39 is 28.8 Å². The smallest absolute Gasteiger partial charge is 0.354 e. The lowest BCUT2D eigenvalue weighted by molar-refractivity contribution is -0.156. The molecular formula is C12H15NO5S3. The van der Waals surface area contributed by atoms with Crippen LogP contribution in [0.15, 0.2) is 9.93 Å². The lowest BCUT2D eigenvalue weighted by Crippen LogP contribution is -2.60. The molecule has 0 aromatic carbocycles. The first-order chi connectivity index (χ1) is 9.90. The fourth-order valence-corrected chi connectivity index (χ4v) is 7.97. The topological polar surface area (TPSA) is 94.9 Å². The number of hydrogen-bond donors (Lipinski definition) is 2. The minimum absolute atomic E-state index is 0.0228. The van der Waals surface area contributed by atoms with Gasteiger partial charge in [-0.25, -0.2) is 4.79 Å². The molecule has 0 bridgehead atoms. The van der Waals surface area contributed by atoms with Gasteiger partial charge < -0.3 is 10.2 Å². The molecule has 3 aliphatic rings. The number of aliphatic hydroxyl groups is 1. The van der Waals surface area contributed by atoms with E-state index in [4.69, 9.17) is 0 Å². The number of thioether (sulfide) groups is 2. The van der Waals surface area contributed by atoms with Gasteiger partial charge in [-0.2, -0.15) is 0 Å². The van der Waals surface area contributed by atoms with Crippen molar-refractivity contribution in [1.29, 1.82) is 0 Å². The van der Waals surface area contributed by atoms with Gasteiger partial charge in [0.25, 0.3) is 0 Å². The molecule has 1 amide bonds. The highest BCUT2D eigenvalue weighted by Crippen LogP contribution is 2.55. The van der Waals surface area contributed by atoms with E-state index in [1.807, 2.05) is 0 Å². The maximum Gasteiger partial charge on any atom is 0.354 e. The second kappa shape index (κ2) is 5.60. The average Bonchev–Trinajstić information content (AvgIpc) is 2.91. The summed E-state index contributed by atoms with van der Waals surface area (Å²) in [6, 6.07) is 0. The zero-order valence-corrected chi connectivity index (χ0v) is 13.7. The van der Waals surface area contributed by atoms with E-state index in [9.17, 15) is 24.0 Å². The minimum Gasteiger partial charge on any atom is -0.477 e. The zero-order chi connectivity index (χ0) is 15.3. The predicted molar refractivity (Wildman–Crippen MR) is 81.9 cm³/mol. The number of nitrogens with zero attached hydrogens (tertiary/aromatic N) is 1. The summed E-state index contributed by atoms with van der Waals surface area (Å²) in [6.07, 6.45) is 0.0109. The molecule has 3 heterocycles. The predicted octanol–water partition coefficient (Wildman–Crippen LogP) is 0.406. The van der Waals surface area contributed by atoms with Crippen LogP contribution in [0.4, 0.5) is 0 Å². The molecule has 9 heteroatoms. The molecule has 5 atom stereocenters. The van der Waals surface area contributed by atoms with Crippen LogP contribution in [0.5, 0.6) is 0 Å². The van der Waals surface area contributed by atoms with E-state index in [1.54, 1.807) is 6.92 Å². The highest BCUT2D eigenvalue weighted by atomic mass is 32.2. The van der Waals surface area contributed by atoms with Gasteiger partial charge in [-0.1, -0.05) is 11.8 Å². The van der Waals surface area contributed by atoms with Gasteiger partial charge in [-0.3, -0.25) is 13.9 Å². The van der Waals surface area contributed by atoms with Gasteiger partial charge in [-0.05, 0) is 13.3 Å². The molecular weight excluding hydrogens is 334 g/mol. The standard InChI is InChI=1S/C12H15NO5S3/c1-5(14)7-9(15)13-8(11(16)17)12(20-10(7)13)19-6-2-3-21(18)4-6/h5-7,10,14H,2-4H2,1H3,(H,16,17)/t5-,6-,7+,10-,21+/m1/s1. The summed E-state index contributed by atoms with van der Waals surface area (Å²) in [5.74, 6) is -0.768. The van der Waals surface area contributed by atoms with Crippen molar-refractivity contribution in [2.24, 2.45) is 5.92 Å². The van der Waals surface area contributed by atoms with Gasteiger partial charge in [-0.15, -0.1) is 11.8 Å². The minimum atomic E-state index is -1.12. The number of amides is 1. The Hall–Kier alpha value is -0.510. The van der Waals surface area contributed by atoms with E-state index >= 15 is 0 Å². The lowest BCUT2D eigenvalue weighted by atomic mass is 9.92. The Morgan fingerprint density at radius 2 is 2.29 bits per heavy atom. The number of rotatable bonds is 4. The summed E-state index contributed by atoms with van der Waals surface area (Å²) in [5.41, 5.74) is 0.0228. The second-order valence-corrected chi connectivity index (χ2v) is 9.58. The molecule has 21 heavy (non-hydrogen) atoms. The average molecular weight is 349 g/mol. The molecule has 2 N–H and O–H groups in total. The first-order valence-corrected chi connectivity index (χ1v) is 9.82. The molecule has 0 radical (unpaired) electrons. The Kier molecular flexibility index (Phi) is 4.10. The third-order valence-corrected chi connectivity index (χ3v) is 8.33. The van der Waals surface area contributed by atoms with Gasteiger partial charge in [0, 0.05) is 27.6 Å². The molecule has 6 nitrogen and oxygen atoms in total. The van der Waals surface area contributed by atoms with Crippen LogP contribution in [-0.2, 0) is 20.4 Å². The molecule has 0 aromatic heterocycles. The number of hydrogen-bond acceptors (Lipinski definition) is 6. The number of carbonyl (C=O) groups is 2. The van der Waals surface area contributed by atoms with Crippen LogP contribution in [0.1, 0.15) is 13.3 Å². The van der Waals surface area contributed by atoms with Crippen LogP contribution in [0, 0.1) is 5.92 Å². The van der Waals surface area contributed by atoms with E-state index in [1.165, 1.54) is 28.4 Å². The first kappa shape index (κ1) is 15.4. The van der Waals surface area contributed by atoms with E-state index in [0.717, 1.165) is 6.42 Å². The third-order valence-electron chi connectivity index (χ3n) is 3.78. The monoisotopic (exact) mass is 349 g/mol. The first-order valence-electron chi connectivity index (χ1n) is 6.57. The van der Waals surface area contributed by atoms with Crippen molar-refractivity contribution in [1.82, 2.24) is 4.90 Å². The van der Waals surface area contributed by atoms with Crippen molar-refractivity contribution in [2.75, 3.05) is 11.5 Å². The number of aliphatic hydroxyl groups excluding tert-OH is 1. The van der Waals surface area contributed by atoms with Crippen LogP contribution < -0.4 is 0 Å². The van der Waals surface area contributed by atoms with E-state index in [0.29, 0.717) is 15.7 Å². The van der Waals surface area contributed by atoms with Crippen molar-refractivity contribution in [3.8, 4) is 0 Å². The lowest BCUT2D eigenvalue weighted by Gasteiger charge is -2.43. The van der Waals surface area contributed by atoms with Gasteiger partial charge in [0.15, 0.2) is 5.70 Å². The van der Waals surface area contributed by atoms with Crippen LogP contribution in [-0.4, -0.2) is 59.4 Å². The fraction of sp³-hybridized carbons (Fsp3) is 0.667. The maximum atomic E-state index is 12.0. The van der Waals surface area contributed by atoms with Crippen LogP contribution >= 0.6 is 23.5 Å². The summed E-state index contributed by atoms with van der Waals surface area (Å²) < 4.78 is 12.0.